The van der Waals surface area contributed by atoms with Crippen LogP contribution >= 0.6 is 0 Å². The van der Waals surface area contributed by atoms with Gasteiger partial charge in [-0.25, -0.2) is 28.3 Å². The van der Waals surface area contributed by atoms with Gasteiger partial charge in [-0.1, -0.05) is 0 Å². The van der Waals surface area contributed by atoms with E-state index in [1.807, 2.05) is 0 Å². The molecule has 0 saturated heterocycles. The van der Waals surface area contributed by atoms with E-state index in [4.69, 9.17) is 18.9 Å². The number of benzene rings is 2. The number of ether oxygens (including phenoxy) is 4. The quantitative estimate of drug-likeness (QED) is 0.161. The summed E-state index contributed by atoms with van der Waals surface area (Å²) in [6, 6.07) is 8.83. The van der Waals surface area contributed by atoms with Crippen LogP contribution in [0.1, 0.15) is 47.3 Å². The van der Waals surface area contributed by atoms with Crippen LogP contribution in [0.5, 0.6) is 11.5 Å². The van der Waals surface area contributed by atoms with Gasteiger partial charge in [0.05, 0.1) is 44.9 Å². The van der Waals surface area contributed by atoms with Crippen molar-refractivity contribution in [1.29, 1.82) is 0 Å². The maximum atomic E-state index is 16.1. The number of esters is 2. The van der Waals surface area contributed by atoms with Gasteiger partial charge in [-0.3, -0.25) is 18.7 Å². The molecule has 0 aliphatic rings. The predicted octanol–water partition coefficient (Wildman–Crippen LogP) is 3.62. The van der Waals surface area contributed by atoms with Crippen molar-refractivity contribution < 1.29 is 46.9 Å². The van der Waals surface area contributed by atoms with Crippen molar-refractivity contribution in [3.63, 3.8) is 0 Å². The van der Waals surface area contributed by atoms with Crippen molar-refractivity contribution in [2.45, 2.75) is 6.42 Å². The normalized spacial score (nSPS) is 10.7. The van der Waals surface area contributed by atoms with Gasteiger partial charge in [-0.2, -0.15) is 0 Å². The Labute approximate surface area is 309 Å². The largest absolute Gasteiger partial charge is 0.496 e. The number of aromatic nitrogens is 8. The molecule has 0 radical (unpaired) electrons. The van der Waals surface area contributed by atoms with E-state index >= 15 is 8.78 Å². The van der Waals surface area contributed by atoms with Gasteiger partial charge in [-0.15, -0.1) is 20.4 Å². The first-order chi connectivity index (χ1) is 26.6. The lowest BCUT2D eigenvalue weighted by Crippen LogP contribution is -2.20. The highest BCUT2D eigenvalue weighted by Gasteiger charge is 2.27. The maximum Gasteiger partial charge on any atom is 0.343 e. The van der Waals surface area contributed by atoms with E-state index in [1.54, 1.807) is 21.5 Å². The van der Waals surface area contributed by atoms with Crippen molar-refractivity contribution in [3.05, 3.63) is 120 Å². The molecule has 55 heavy (non-hydrogen) atoms. The summed E-state index contributed by atoms with van der Waals surface area (Å²) < 4.78 is 55.0. The van der Waals surface area contributed by atoms with Crippen LogP contribution in [0.25, 0.3) is 11.6 Å². The van der Waals surface area contributed by atoms with E-state index in [9.17, 15) is 19.2 Å². The van der Waals surface area contributed by atoms with E-state index in [2.05, 4.69) is 41.0 Å². The first kappa shape index (κ1) is 37.1. The Morgan fingerprint density at radius 2 is 1.27 bits per heavy atom. The summed E-state index contributed by atoms with van der Waals surface area (Å²) in [6.45, 7) is -0.401. The van der Waals surface area contributed by atoms with Crippen LogP contribution in [0.15, 0.2) is 79.9 Å². The summed E-state index contributed by atoms with van der Waals surface area (Å²) >= 11 is 0. The summed E-state index contributed by atoms with van der Waals surface area (Å²) in [5.74, 6) is -5.57. The zero-order valence-electron chi connectivity index (χ0n) is 29.0. The number of carbonyl (C=O) groups excluding carboxylic acids is 4. The number of imidazole rings is 2. The second kappa shape index (κ2) is 16.4. The number of rotatable bonds is 13. The van der Waals surface area contributed by atoms with Crippen molar-refractivity contribution in [2.75, 3.05) is 38.6 Å². The number of anilines is 2. The molecule has 0 unspecified atom stereocenters. The van der Waals surface area contributed by atoms with Gasteiger partial charge in [0.15, 0.2) is 34.6 Å². The molecule has 0 bridgehead atoms. The fourth-order valence-corrected chi connectivity index (χ4v) is 5.12. The first-order valence-corrected chi connectivity index (χ1v) is 15.9. The molecule has 0 fully saturated rings. The molecule has 0 aliphatic carbocycles. The number of halogens is 2. The number of amides is 2. The van der Waals surface area contributed by atoms with Gasteiger partial charge >= 0.3 is 11.9 Å². The minimum atomic E-state index is -1.12. The lowest BCUT2D eigenvalue weighted by atomic mass is 10.0. The average Bonchev–Trinajstić information content (AvgIpc) is 3.95. The molecule has 18 nitrogen and oxygen atoms in total. The van der Waals surface area contributed by atoms with Crippen LogP contribution in [0.3, 0.4) is 0 Å². The molecular weight excluding hydrogens is 726 g/mol. The second-order valence-electron chi connectivity index (χ2n) is 11.1. The molecule has 6 rings (SSSR count). The van der Waals surface area contributed by atoms with Gasteiger partial charge in [0.1, 0.15) is 29.8 Å². The molecule has 2 aromatic carbocycles. The summed E-state index contributed by atoms with van der Waals surface area (Å²) in [4.78, 5) is 59.3. The molecular formula is C35H28F2N10O8. The zero-order chi connectivity index (χ0) is 39.1. The third-order valence-corrected chi connectivity index (χ3v) is 7.82. The van der Waals surface area contributed by atoms with Crippen molar-refractivity contribution in [3.8, 4) is 23.1 Å². The number of hydrogen-bond acceptors (Lipinski definition) is 14. The van der Waals surface area contributed by atoms with Gasteiger partial charge in [0.2, 0.25) is 0 Å². The van der Waals surface area contributed by atoms with E-state index in [1.165, 1.54) is 62.5 Å². The molecule has 0 saturated carbocycles. The Kier molecular flexibility index (Phi) is 11.0. The van der Waals surface area contributed by atoms with Crippen LogP contribution in [0.2, 0.25) is 0 Å². The third kappa shape index (κ3) is 8.06. The summed E-state index contributed by atoms with van der Waals surface area (Å²) in [6.07, 6.45) is 9.02. The molecule has 280 valence electrons. The lowest BCUT2D eigenvalue weighted by molar-refractivity contribution is 0.0589. The number of nitrogens with zero attached hydrogens (tertiary/aromatic N) is 8. The molecule has 0 atom stereocenters. The summed E-state index contributed by atoms with van der Waals surface area (Å²) in [5, 5.41) is 20.7. The van der Waals surface area contributed by atoms with Gasteiger partial charge in [0, 0.05) is 48.9 Å². The smallest absolute Gasteiger partial charge is 0.343 e. The van der Waals surface area contributed by atoms with E-state index in [0.29, 0.717) is 11.6 Å². The van der Waals surface area contributed by atoms with E-state index in [-0.39, 0.29) is 46.1 Å². The Morgan fingerprint density at radius 1 is 0.709 bits per heavy atom. The molecule has 6 aromatic rings. The van der Waals surface area contributed by atoms with Gasteiger partial charge in [0.25, 0.3) is 11.8 Å². The number of hydrogen-bond donors (Lipinski definition) is 2. The minimum absolute atomic E-state index is 0.0970. The van der Waals surface area contributed by atoms with Crippen LogP contribution < -0.4 is 20.1 Å². The van der Waals surface area contributed by atoms with Crippen molar-refractivity contribution >= 4 is 35.1 Å². The maximum absolute atomic E-state index is 16.1. The van der Waals surface area contributed by atoms with E-state index < -0.39 is 53.3 Å². The second-order valence-corrected chi connectivity index (χ2v) is 11.1. The molecule has 20 heteroatoms. The number of carbonyl (C=O) groups is 4. The Hall–Kier alpha value is -7.64. The Morgan fingerprint density at radius 3 is 1.76 bits per heavy atom. The highest BCUT2D eigenvalue weighted by Crippen LogP contribution is 2.34. The fraction of sp³-hybridized carbons (Fsp3) is 0.143. The molecule has 0 aliphatic heterocycles. The molecule has 2 amide bonds. The number of methoxy groups -OCH3 is 3. The highest BCUT2D eigenvalue weighted by atomic mass is 19.1. The molecule has 4 aromatic heterocycles. The third-order valence-electron chi connectivity index (χ3n) is 7.82. The fourth-order valence-electron chi connectivity index (χ4n) is 5.12. The van der Waals surface area contributed by atoms with Gasteiger partial charge < -0.3 is 29.6 Å². The molecule has 2 N–H and O–H groups in total. The number of nitrogens with one attached hydrogen (secondary N) is 2. The zero-order valence-corrected chi connectivity index (χ0v) is 29.0. The highest BCUT2D eigenvalue weighted by molar-refractivity contribution is 6.08. The van der Waals surface area contributed by atoms with Crippen LogP contribution in [-0.4, -0.2) is 91.2 Å². The van der Waals surface area contributed by atoms with Crippen molar-refractivity contribution in [1.82, 2.24) is 39.5 Å². The predicted molar refractivity (Wildman–Crippen MR) is 185 cm³/mol. The first-order valence-electron chi connectivity index (χ1n) is 15.9. The monoisotopic (exact) mass is 754 g/mol. The molecule has 4 heterocycles. The van der Waals surface area contributed by atoms with Crippen LogP contribution in [0, 0.1) is 11.6 Å². The minimum Gasteiger partial charge on any atom is -0.496 e. The Balaban J connectivity index is 1.21. The van der Waals surface area contributed by atoms with Crippen molar-refractivity contribution in [2.24, 2.45) is 0 Å². The SMILES string of the molecule is COC(=O)c1cc(F)c(OCCc2c(OC)cc(NC(=O)c3ccc(-n4ccnc4)nn3)c(C(=O)OC)c2F)cc1NC(=O)c1ccc(-n2ccnc2)nn1. The topological polar surface area (TPSA) is 216 Å². The average molecular weight is 755 g/mol. The Bertz CT molecular complexity index is 2360. The van der Waals surface area contributed by atoms with Crippen LogP contribution in [-0.2, 0) is 15.9 Å². The summed E-state index contributed by atoms with van der Waals surface area (Å²) in [5.41, 5.74) is -1.90. The van der Waals surface area contributed by atoms with Crippen LogP contribution in [0.4, 0.5) is 20.2 Å². The lowest BCUT2D eigenvalue weighted by Gasteiger charge is -2.18. The standard InChI is InChI=1S/C35H28F2N10O8/c1-52-26-16-25(41-33(49)23-5-7-29(45-43-23)47-12-10-39-18-47)30(35(51)54-3)31(37)19(26)8-13-55-27-15-24(20(14-21(27)36)34(50)53-2)40-32(48)22-4-6-28(44-42-22)46-11-9-38-17-46/h4-7,9-12,14-18H,8,13H2,1-3H3,(H,40,48)(H,41,49). The molecule has 0 spiro atoms. The van der Waals surface area contributed by atoms with E-state index in [0.717, 1.165) is 26.4 Å². The summed E-state index contributed by atoms with van der Waals surface area (Å²) in [7, 11) is 3.34. The van der Waals surface area contributed by atoms with Gasteiger partial charge in [-0.05, 0) is 30.3 Å².